The summed E-state index contributed by atoms with van der Waals surface area (Å²) in [6.07, 6.45) is 2.59. The van der Waals surface area contributed by atoms with Crippen molar-refractivity contribution in [1.29, 1.82) is 0 Å². The predicted octanol–water partition coefficient (Wildman–Crippen LogP) is 1.74. The van der Waals surface area contributed by atoms with Crippen LogP contribution in [-0.2, 0) is 18.3 Å². The summed E-state index contributed by atoms with van der Waals surface area (Å²) in [5.41, 5.74) is 1.70. The lowest BCUT2D eigenvalue weighted by Gasteiger charge is -2.08. The van der Waals surface area contributed by atoms with Gasteiger partial charge in [-0.1, -0.05) is 37.3 Å². The van der Waals surface area contributed by atoms with Crippen LogP contribution in [0.15, 0.2) is 36.5 Å². The van der Waals surface area contributed by atoms with Crippen molar-refractivity contribution < 1.29 is 9.59 Å². The molecule has 6 nitrogen and oxygen atoms in total. The van der Waals surface area contributed by atoms with Gasteiger partial charge >= 0.3 is 0 Å². The van der Waals surface area contributed by atoms with Crippen molar-refractivity contribution in [2.45, 2.75) is 19.8 Å². The van der Waals surface area contributed by atoms with Gasteiger partial charge in [0.1, 0.15) is 5.69 Å². The number of aryl methyl sites for hydroxylation is 1. The molecule has 0 radical (unpaired) electrons. The zero-order chi connectivity index (χ0) is 15.9. The number of nitrogens with one attached hydrogen (secondary N) is 2. The van der Waals surface area contributed by atoms with Crippen LogP contribution >= 0.6 is 0 Å². The molecule has 0 bridgehead atoms. The van der Waals surface area contributed by atoms with Gasteiger partial charge in [-0.15, -0.1) is 0 Å². The monoisotopic (exact) mass is 300 g/mol. The summed E-state index contributed by atoms with van der Waals surface area (Å²) < 4.78 is 1.46. The lowest BCUT2D eigenvalue weighted by Crippen LogP contribution is -2.27. The lowest BCUT2D eigenvalue weighted by atomic mass is 10.1. The Morgan fingerprint density at radius 2 is 1.95 bits per heavy atom. The summed E-state index contributed by atoms with van der Waals surface area (Å²) in [6.45, 7) is 2.56. The summed E-state index contributed by atoms with van der Waals surface area (Å²) in [6, 6.07) is 9.45. The number of hydrogen-bond acceptors (Lipinski definition) is 3. The molecule has 1 aromatic carbocycles. The maximum atomic E-state index is 12.1. The van der Waals surface area contributed by atoms with Crippen molar-refractivity contribution >= 4 is 17.5 Å². The summed E-state index contributed by atoms with van der Waals surface area (Å²) in [7, 11) is 1.67. The number of nitrogens with zero attached hydrogens (tertiary/aromatic N) is 2. The molecule has 0 saturated heterocycles. The van der Waals surface area contributed by atoms with Crippen molar-refractivity contribution in [2.24, 2.45) is 7.05 Å². The number of hydrogen-bond donors (Lipinski definition) is 2. The predicted molar refractivity (Wildman–Crippen MR) is 84.6 cm³/mol. The molecule has 22 heavy (non-hydrogen) atoms. The Kier molecular flexibility index (Phi) is 5.30. The fraction of sp³-hybridized carbons (Fsp3) is 0.312. The summed E-state index contributed by atoms with van der Waals surface area (Å²) in [5, 5.41) is 9.59. The quantitative estimate of drug-likeness (QED) is 0.853. The van der Waals surface area contributed by atoms with Crippen LogP contribution in [0.5, 0.6) is 0 Å². The number of carbonyl (C=O) groups excluding carboxylic acids is 2. The zero-order valence-corrected chi connectivity index (χ0v) is 12.8. The fourth-order valence-electron chi connectivity index (χ4n) is 2.10. The number of anilines is 1. The first-order valence-corrected chi connectivity index (χ1v) is 7.25. The molecule has 116 valence electrons. The average Bonchev–Trinajstić information content (AvgIpc) is 2.86. The van der Waals surface area contributed by atoms with Gasteiger partial charge in [0.15, 0.2) is 0 Å². The number of benzene rings is 1. The normalized spacial score (nSPS) is 10.3. The molecule has 2 amide bonds. The second kappa shape index (κ2) is 7.40. The zero-order valence-electron chi connectivity index (χ0n) is 12.8. The molecule has 0 aliphatic heterocycles. The van der Waals surface area contributed by atoms with E-state index in [1.807, 2.05) is 37.3 Å². The van der Waals surface area contributed by atoms with Gasteiger partial charge in [0.2, 0.25) is 5.91 Å². The molecule has 2 N–H and O–H groups in total. The Balaban J connectivity index is 2.06. The third kappa shape index (κ3) is 3.94. The molecule has 0 unspecified atom stereocenters. The van der Waals surface area contributed by atoms with Gasteiger partial charge in [0.25, 0.3) is 5.91 Å². The van der Waals surface area contributed by atoms with Gasteiger partial charge in [-0.25, -0.2) is 0 Å². The Labute approximate surface area is 129 Å². The van der Waals surface area contributed by atoms with Gasteiger partial charge in [0.05, 0.1) is 18.3 Å². The number of rotatable bonds is 6. The van der Waals surface area contributed by atoms with Crippen molar-refractivity contribution in [1.82, 2.24) is 15.1 Å². The summed E-state index contributed by atoms with van der Waals surface area (Å²) in [4.78, 5) is 24.2. The third-order valence-corrected chi connectivity index (χ3v) is 3.17. The summed E-state index contributed by atoms with van der Waals surface area (Å²) >= 11 is 0. The molecule has 0 aliphatic carbocycles. The fourth-order valence-corrected chi connectivity index (χ4v) is 2.10. The van der Waals surface area contributed by atoms with E-state index >= 15 is 0 Å². The van der Waals surface area contributed by atoms with Crippen LogP contribution in [0.1, 0.15) is 29.4 Å². The van der Waals surface area contributed by atoms with Crippen molar-refractivity contribution in [3.05, 3.63) is 47.8 Å². The van der Waals surface area contributed by atoms with E-state index in [-0.39, 0.29) is 18.2 Å². The molecule has 0 saturated carbocycles. The molecule has 2 rings (SSSR count). The van der Waals surface area contributed by atoms with Gasteiger partial charge in [-0.3, -0.25) is 14.3 Å². The maximum Gasteiger partial charge on any atom is 0.271 e. The number of aromatic nitrogens is 2. The average molecular weight is 300 g/mol. The molecule has 6 heteroatoms. The van der Waals surface area contributed by atoms with Gasteiger partial charge in [-0.05, 0) is 12.0 Å². The van der Waals surface area contributed by atoms with Crippen LogP contribution in [0.4, 0.5) is 5.69 Å². The Morgan fingerprint density at radius 1 is 1.23 bits per heavy atom. The van der Waals surface area contributed by atoms with Crippen LogP contribution in [0.3, 0.4) is 0 Å². The van der Waals surface area contributed by atoms with E-state index in [0.717, 1.165) is 12.0 Å². The molecule has 1 heterocycles. The van der Waals surface area contributed by atoms with E-state index in [4.69, 9.17) is 0 Å². The summed E-state index contributed by atoms with van der Waals surface area (Å²) in [5.74, 6) is -0.416. The van der Waals surface area contributed by atoms with Gasteiger partial charge in [-0.2, -0.15) is 5.10 Å². The minimum Gasteiger partial charge on any atom is -0.351 e. The van der Waals surface area contributed by atoms with E-state index < -0.39 is 0 Å². The third-order valence-electron chi connectivity index (χ3n) is 3.17. The molecule has 0 fully saturated rings. The SMILES string of the molecule is CCCNC(=O)c1c(NC(=O)Cc2ccccc2)cnn1C. The lowest BCUT2D eigenvalue weighted by molar-refractivity contribution is -0.115. The van der Waals surface area contributed by atoms with Crippen LogP contribution in [-0.4, -0.2) is 28.1 Å². The molecule has 2 aromatic rings. The van der Waals surface area contributed by atoms with E-state index in [2.05, 4.69) is 15.7 Å². The smallest absolute Gasteiger partial charge is 0.271 e. The highest BCUT2D eigenvalue weighted by molar-refractivity contribution is 6.02. The highest BCUT2D eigenvalue weighted by Crippen LogP contribution is 2.14. The first-order valence-electron chi connectivity index (χ1n) is 7.25. The van der Waals surface area contributed by atoms with Crippen LogP contribution in [0.25, 0.3) is 0 Å². The van der Waals surface area contributed by atoms with Crippen LogP contribution in [0.2, 0.25) is 0 Å². The van der Waals surface area contributed by atoms with Crippen molar-refractivity contribution in [3.8, 4) is 0 Å². The Morgan fingerprint density at radius 3 is 2.64 bits per heavy atom. The minimum atomic E-state index is -0.239. The van der Waals surface area contributed by atoms with E-state index in [1.165, 1.54) is 10.9 Å². The molecule has 0 spiro atoms. The molecule has 0 atom stereocenters. The standard InChI is InChI=1S/C16H20N4O2/c1-3-9-17-16(22)15-13(11-18-20(15)2)19-14(21)10-12-7-5-4-6-8-12/h4-8,11H,3,9-10H2,1-2H3,(H,17,22)(H,19,21). The molecular formula is C16H20N4O2. The van der Waals surface area contributed by atoms with Crippen LogP contribution in [0, 0.1) is 0 Å². The molecule has 0 aliphatic rings. The van der Waals surface area contributed by atoms with Gasteiger partial charge in [0, 0.05) is 13.6 Å². The largest absolute Gasteiger partial charge is 0.351 e. The highest BCUT2D eigenvalue weighted by Gasteiger charge is 2.18. The maximum absolute atomic E-state index is 12.1. The second-order valence-electron chi connectivity index (χ2n) is 5.00. The molecular weight excluding hydrogens is 280 g/mol. The topological polar surface area (TPSA) is 76.0 Å². The van der Waals surface area contributed by atoms with E-state index in [9.17, 15) is 9.59 Å². The second-order valence-corrected chi connectivity index (χ2v) is 5.00. The number of amides is 2. The first kappa shape index (κ1) is 15.8. The van der Waals surface area contributed by atoms with Crippen molar-refractivity contribution in [2.75, 3.05) is 11.9 Å². The van der Waals surface area contributed by atoms with Crippen molar-refractivity contribution in [3.63, 3.8) is 0 Å². The minimum absolute atomic E-state index is 0.177. The highest BCUT2D eigenvalue weighted by atomic mass is 16.2. The Hall–Kier alpha value is -2.63. The van der Waals surface area contributed by atoms with E-state index in [0.29, 0.717) is 17.9 Å². The van der Waals surface area contributed by atoms with E-state index in [1.54, 1.807) is 7.05 Å². The Bertz CT molecular complexity index is 649. The molecule has 1 aromatic heterocycles. The van der Waals surface area contributed by atoms with Gasteiger partial charge < -0.3 is 10.6 Å². The van der Waals surface area contributed by atoms with Crippen LogP contribution < -0.4 is 10.6 Å². The number of carbonyl (C=O) groups is 2. The first-order chi connectivity index (χ1) is 10.6.